The Bertz CT molecular complexity index is 577. The molecule has 2 unspecified atom stereocenters. The van der Waals surface area contributed by atoms with Crippen LogP contribution in [0.2, 0.25) is 0 Å². The molecule has 5 nitrogen and oxygen atoms in total. The number of rotatable bonds is 6. The fourth-order valence-electron chi connectivity index (χ4n) is 3.26. The Hall–Kier alpha value is -1.59. The van der Waals surface area contributed by atoms with E-state index in [2.05, 4.69) is 5.32 Å². The Morgan fingerprint density at radius 2 is 1.92 bits per heavy atom. The molecule has 0 aromatic heterocycles. The van der Waals surface area contributed by atoms with Gasteiger partial charge in [-0.15, -0.1) is 12.4 Å². The van der Waals surface area contributed by atoms with Crippen LogP contribution in [0.15, 0.2) is 30.3 Å². The maximum atomic E-state index is 12.5. The van der Waals surface area contributed by atoms with Gasteiger partial charge in [0.2, 0.25) is 11.8 Å². The molecule has 138 valence electrons. The van der Waals surface area contributed by atoms with Crippen molar-refractivity contribution < 1.29 is 9.59 Å². The summed E-state index contributed by atoms with van der Waals surface area (Å²) in [6.45, 7) is 2.05. The smallest absolute Gasteiger partial charge is 0.224 e. The van der Waals surface area contributed by atoms with Crippen LogP contribution in [-0.2, 0) is 9.59 Å². The summed E-state index contributed by atoms with van der Waals surface area (Å²) in [6, 6.07) is 9.41. The third-order valence-corrected chi connectivity index (χ3v) is 5.03. The van der Waals surface area contributed by atoms with Crippen molar-refractivity contribution >= 4 is 24.2 Å². The molecule has 2 aliphatic rings. The van der Waals surface area contributed by atoms with Gasteiger partial charge in [-0.2, -0.15) is 0 Å². The highest BCUT2D eigenvalue weighted by Gasteiger charge is 2.30. The number of nitrogens with zero attached hydrogens (tertiary/aromatic N) is 1. The van der Waals surface area contributed by atoms with Crippen molar-refractivity contribution in [3.63, 3.8) is 0 Å². The van der Waals surface area contributed by atoms with E-state index in [4.69, 9.17) is 5.73 Å². The molecule has 2 atom stereocenters. The lowest BCUT2D eigenvalue weighted by molar-refractivity contribution is -0.136. The normalized spacial score (nSPS) is 21.2. The fraction of sp³-hybridized carbons (Fsp3) is 0.579. The average Bonchev–Trinajstić information content (AvgIpc) is 3.45. The predicted octanol–water partition coefficient (Wildman–Crippen LogP) is 2.26. The zero-order chi connectivity index (χ0) is 16.9. The van der Waals surface area contributed by atoms with Gasteiger partial charge < -0.3 is 16.0 Å². The van der Waals surface area contributed by atoms with Gasteiger partial charge in [0.1, 0.15) is 0 Å². The molecule has 0 radical (unpaired) electrons. The summed E-state index contributed by atoms with van der Waals surface area (Å²) in [7, 11) is 0. The van der Waals surface area contributed by atoms with Crippen molar-refractivity contribution in [2.45, 2.75) is 38.1 Å². The molecule has 2 fully saturated rings. The number of likely N-dealkylation sites (tertiary alicyclic amines) is 1. The number of amides is 2. The van der Waals surface area contributed by atoms with Crippen molar-refractivity contribution in [3.8, 4) is 0 Å². The highest BCUT2D eigenvalue weighted by molar-refractivity contribution is 5.85. The number of piperidine rings is 1. The van der Waals surface area contributed by atoms with Gasteiger partial charge in [0.15, 0.2) is 0 Å². The van der Waals surface area contributed by atoms with Crippen LogP contribution in [0.4, 0.5) is 0 Å². The number of hydrogen-bond donors (Lipinski definition) is 2. The molecule has 1 saturated carbocycles. The summed E-state index contributed by atoms with van der Waals surface area (Å²) < 4.78 is 0. The van der Waals surface area contributed by atoms with Gasteiger partial charge in [0, 0.05) is 32.1 Å². The molecule has 1 aliphatic heterocycles. The summed E-state index contributed by atoms with van der Waals surface area (Å²) in [6.07, 6.45) is 4.50. The van der Waals surface area contributed by atoms with E-state index in [1.807, 2.05) is 35.2 Å². The van der Waals surface area contributed by atoms with Gasteiger partial charge >= 0.3 is 0 Å². The Labute approximate surface area is 155 Å². The van der Waals surface area contributed by atoms with Crippen molar-refractivity contribution in [3.05, 3.63) is 35.9 Å². The number of nitrogens with one attached hydrogen (secondary N) is 1. The van der Waals surface area contributed by atoms with Crippen molar-refractivity contribution in [2.75, 3.05) is 19.6 Å². The van der Waals surface area contributed by atoms with E-state index in [1.165, 1.54) is 12.8 Å². The quantitative estimate of drug-likeness (QED) is 0.811. The SMILES string of the molecule is Cl.NC(CC(=O)N1CCCC(C(=O)NCC2CC2)C1)c1ccccc1. The molecule has 1 aromatic rings. The van der Waals surface area contributed by atoms with Gasteiger partial charge in [-0.3, -0.25) is 9.59 Å². The van der Waals surface area contributed by atoms with E-state index in [0.29, 0.717) is 18.9 Å². The van der Waals surface area contributed by atoms with E-state index in [1.54, 1.807) is 0 Å². The lowest BCUT2D eigenvalue weighted by Crippen LogP contribution is -2.46. The lowest BCUT2D eigenvalue weighted by atomic mass is 9.96. The first kappa shape index (κ1) is 19.7. The van der Waals surface area contributed by atoms with Crippen molar-refractivity contribution in [1.29, 1.82) is 0 Å². The Balaban J connectivity index is 0.00000225. The van der Waals surface area contributed by atoms with Gasteiger partial charge in [-0.05, 0) is 37.2 Å². The van der Waals surface area contributed by atoms with Crippen LogP contribution in [0.1, 0.15) is 43.7 Å². The van der Waals surface area contributed by atoms with E-state index in [-0.39, 0.29) is 36.2 Å². The van der Waals surface area contributed by atoms with E-state index in [9.17, 15) is 9.59 Å². The number of carbonyl (C=O) groups excluding carboxylic acids is 2. The molecule has 1 aromatic carbocycles. The molecule has 25 heavy (non-hydrogen) atoms. The standard InChI is InChI=1S/C19H27N3O2.ClH/c20-17(15-5-2-1-3-6-15)11-18(23)22-10-4-7-16(13-22)19(24)21-12-14-8-9-14;/h1-3,5-6,14,16-17H,4,7-13,20H2,(H,21,24);1H. The van der Waals surface area contributed by atoms with Crippen LogP contribution in [0, 0.1) is 11.8 Å². The fourth-order valence-corrected chi connectivity index (χ4v) is 3.26. The average molecular weight is 366 g/mol. The number of benzene rings is 1. The maximum Gasteiger partial charge on any atom is 0.224 e. The largest absolute Gasteiger partial charge is 0.356 e. The first-order valence-corrected chi connectivity index (χ1v) is 8.99. The molecule has 3 N–H and O–H groups in total. The van der Waals surface area contributed by atoms with Crippen LogP contribution < -0.4 is 11.1 Å². The molecule has 1 aliphatic carbocycles. The first-order valence-electron chi connectivity index (χ1n) is 8.99. The van der Waals surface area contributed by atoms with E-state index < -0.39 is 0 Å². The van der Waals surface area contributed by atoms with Crippen molar-refractivity contribution in [1.82, 2.24) is 10.2 Å². The number of halogens is 1. The van der Waals surface area contributed by atoms with Crippen LogP contribution in [-0.4, -0.2) is 36.3 Å². The molecular weight excluding hydrogens is 338 g/mol. The second kappa shape index (κ2) is 9.20. The van der Waals surface area contributed by atoms with Crippen molar-refractivity contribution in [2.24, 2.45) is 17.6 Å². The summed E-state index contributed by atoms with van der Waals surface area (Å²) in [5.74, 6) is 0.756. The molecule has 0 spiro atoms. The zero-order valence-corrected chi connectivity index (χ0v) is 15.3. The van der Waals surface area contributed by atoms with Crippen LogP contribution in [0.25, 0.3) is 0 Å². The van der Waals surface area contributed by atoms with Gasteiger partial charge in [-0.25, -0.2) is 0 Å². The van der Waals surface area contributed by atoms with E-state index in [0.717, 1.165) is 31.5 Å². The predicted molar refractivity (Wildman–Crippen MR) is 100 cm³/mol. The lowest BCUT2D eigenvalue weighted by Gasteiger charge is -2.32. The molecule has 3 rings (SSSR count). The zero-order valence-electron chi connectivity index (χ0n) is 14.5. The van der Waals surface area contributed by atoms with E-state index >= 15 is 0 Å². The van der Waals surface area contributed by atoms with Gasteiger partial charge in [0.25, 0.3) is 0 Å². The third kappa shape index (κ3) is 5.72. The minimum Gasteiger partial charge on any atom is -0.356 e. The van der Waals surface area contributed by atoms with Crippen LogP contribution in [0.3, 0.4) is 0 Å². The molecule has 1 saturated heterocycles. The topological polar surface area (TPSA) is 75.4 Å². The monoisotopic (exact) mass is 365 g/mol. The summed E-state index contributed by atoms with van der Waals surface area (Å²) in [5, 5.41) is 3.04. The van der Waals surface area contributed by atoms with Crippen LogP contribution in [0.5, 0.6) is 0 Å². The summed E-state index contributed by atoms with van der Waals surface area (Å²) >= 11 is 0. The minimum atomic E-state index is -0.289. The molecule has 2 amide bonds. The highest BCUT2D eigenvalue weighted by Crippen LogP contribution is 2.28. The Morgan fingerprint density at radius 3 is 2.60 bits per heavy atom. The van der Waals surface area contributed by atoms with Crippen LogP contribution >= 0.6 is 12.4 Å². The molecular formula is C19H28ClN3O2. The number of hydrogen-bond acceptors (Lipinski definition) is 3. The molecule has 0 bridgehead atoms. The molecule has 6 heteroatoms. The third-order valence-electron chi connectivity index (χ3n) is 5.03. The van der Waals surface area contributed by atoms with Gasteiger partial charge in [-0.1, -0.05) is 30.3 Å². The number of carbonyl (C=O) groups is 2. The second-order valence-electron chi connectivity index (χ2n) is 7.09. The minimum absolute atomic E-state index is 0. The second-order valence-corrected chi connectivity index (χ2v) is 7.09. The Morgan fingerprint density at radius 1 is 1.20 bits per heavy atom. The van der Waals surface area contributed by atoms with Gasteiger partial charge in [0.05, 0.1) is 5.92 Å². The first-order chi connectivity index (χ1) is 11.6. The molecule has 1 heterocycles. The maximum absolute atomic E-state index is 12.5. The highest BCUT2D eigenvalue weighted by atomic mass is 35.5. The summed E-state index contributed by atoms with van der Waals surface area (Å²) in [5.41, 5.74) is 7.13. The Kier molecular flexibility index (Phi) is 7.26. The number of nitrogens with two attached hydrogens (primary N) is 1. The summed E-state index contributed by atoms with van der Waals surface area (Å²) in [4.78, 5) is 26.6.